The van der Waals surface area contributed by atoms with E-state index >= 15 is 0 Å². The summed E-state index contributed by atoms with van der Waals surface area (Å²) in [6.07, 6.45) is 7.52. The minimum absolute atomic E-state index is 0.422. The van der Waals surface area contributed by atoms with Crippen molar-refractivity contribution in [3.8, 4) is 0 Å². The molecule has 0 saturated heterocycles. The van der Waals surface area contributed by atoms with Crippen LogP contribution in [0, 0.1) is 11.3 Å². The lowest BCUT2D eigenvalue weighted by atomic mass is 9.69. The van der Waals surface area contributed by atoms with Crippen LogP contribution in [0.4, 0.5) is 5.82 Å². The molecule has 21 heavy (non-hydrogen) atoms. The number of nitrogen functional groups attached to an aromatic ring is 1. The molecule has 3 N–H and O–H groups in total. The Bertz CT molecular complexity index is 494. The third kappa shape index (κ3) is 3.37. The molecule has 1 aromatic heterocycles. The summed E-state index contributed by atoms with van der Waals surface area (Å²) >= 11 is 0. The van der Waals surface area contributed by atoms with Gasteiger partial charge in [-0.15, -0.1) is 0 Å². The second-order valence-electron chi connectivity index (χ2n) is 7.87. The average Bonchev–Trinajstić information content (AvgIpc) is 3.30. The van der Waals surface area contributed by atoms with Gasteiger partial charge in [-0.1, -0.05) is 20.8 Å². The molecular weight excluding hydrogens is 260 g/mol. The Morgan fingerprint density at radius 1 is 1.00 bits per heavy atom. The second-order valence-corrected chi connectivity index (χ2v) is 7.87. The van der Waals surface area contributed by atoms with E-state index in [9.17, 15) is 0 Å². The van der Waals surface area contributed by atoms with Crippen LogP contribution in [0.15, 0.2) is 6.07 Å². The van der Waals surface area contributed by atoms with Gasteiger partial charge >= 0.3 is 0 Å². The Morgan fingerprint density at radius 2 is 1.62 bits per heavy atom. The van der Waals surface area contributed by atoms with Crippen LogP contribution in [0.3, 0.4) is 0 Å². The van der Waals surface area contributed by atoms with E-state index in [1.165, 1.54) is 44.2 Å². The summed E-state index contributed by atoms with van der Waals surface area (Å²) < 4.78 is 0. The molecule has 3 rings (SSSR count). The van der Waals surface area contributed by atoms with E-state index < -0.39 is 0 Å². The van der Waals surface area contributed by atoms with Gasteiger partial charge in [-0.25, -0.2) is 15.8 Å². The lowest BCUT2D eigenvalue weighted by Gasteiger charge is -2.36. The number of aromatic nitrogens is 2. The topological polar surface area (TPSA) is 63.8 Å². The number of nitrogens with one attached hydrogen (secondary N) is 1. The summed E-state index contributed by atoms with van der Waals surface area (Å²) in [5, 5.41) is 0. The molecule has 2 aliphatic rings. The molecule has 0 aromatic carbocycles. The van der Waals surface area contributed by atoms with Crippen LogP contribution in [0.25, 0.3) is 0 Å². The highest BCUT2D eigenvalue weighted by molar-refractivity contribution is 5.37. The highest BCUT2D eigenvalue weighted by atomic mass is 15.3. The van der Waals surface area contributed by atoms with Crippen molar-refractivity contribution in [1.82, 2.24) is 9.97 Å². The predicted octanol–water partition coefficient (Wildman–Crippen LogP) is 3.96. The molecule has 2 fully saturated rings. The quantitative estimate of drug-likeness (QED) is 0.652. The number of anilines is 1. The zero-order valence-corrected chi connectivity index (χ0v) is 13.5. The van der Waals surface area contributed by atoms with E-state index in [1.807, 2.05) is 6.07 Å². The Kier molecular flexibility index (Phi) is 3.91. The van der Waals surface area contributed by atoms with Crippen LogP contribution in [0.5, 0.6) is 0 Å². The highest BCUT2D eigenvalue weighted by Crippen LogP contribution is 2.44. The minimum Gasteiger partial charge on any atom is -0.308 e. The maximum absolute atomic E-state index is 5.58. The van der Waals surface area contributed by atoms with E-state index in [2.05, 4.69) is 31.2 Å². The molecule has 0 atom stereocenters. The first-order valence-corrected chi connectivity index (χ1v) is 8.33. The second kappa shape index (κ2) is 5.56. The van der Waals surface area contributed by atoms with Crippen molar-refractivity contribution in [3.63, 3.8) is 0 Å². The van der Waals surface area contributed by atoms with E-state index in [4.69, 9.17) is 10.8 Å². The van der Waals surface area contributed by atoms with Gasteiger partial charge in [0.1, 0.15) is 11.6 Å². The van der Waals surface area contributed by atoms with Gasteiger partial charge in [0.15, 0.2) is 0 Å². The first-order valence-electron chi connectivity index (χ1n) is 8.33. The lowest BCUT2D eigenvalue weighted by molar-refractivity contribution is 0.167. The Morgan fingerprint density at radius 3 is 2.14 bits per heavy atom. The minimum atomic E-state index is 0.422. The molecule has 4 heteroatoms. The predicted molar refractivity (Wildman–Crippen MR) is 86.0 cm³/mol. The molecule has 1 heterocycles. The fraction of sp³-hybridized carbons (Fsp3) is 0.765. The van der Waals surface area contributed by atoms with Crippen LogP contribution in [-0.2, 0) is 0 Å². The fourth-order valence-corrected chi connectivity index (χ4v) is 3.55. The third-order valence-electron chi connectivity index (χ3n) is 5.22. The summed E-state index contributed by atoms with van der Waals surface area (Å²) in [6.45, 7) is 7.08. The van der Waals surface area contributed by atoms with Crippen molar-refractivity contribution in [1.29, 1.82) is 0 Å². The van der Waals surface area contributed by atoms with E-state index in [0.29, 0.717) is 17.3 Å². The molecule has 0 bridgehead atoms. The van der Waals surface area contributed by atoms with Gasteiger partial charge in [0.25, 0.3) is 0 Å². The molecule has 2 aliphatic carbocycles. The summed E-state index contributed by atoms with van der Waals surface area (Å²) in [5.74, 6) is 9.35. The zero-order valence-electron chi connectivity index (χ0n) is 13.5. The molecule has 4 nitrogen and oxygen atoms in total. The maximum Gasteiger partial charge on any atom is 0.143 e. The smallest absolute Gasteiger partial charge is 0.143 e. The van der Waals surface area contributed by atoms with Crippen molar-refractivity contribution in [2.24, 2.45) is 17.2 Å². The van der Waals surface area contributed by atoms with Crippen LogP contribution in [0.2, 0.25) is 0 Å². The van der Waals surface area contributed by atoms with Crippen molar-refractivity contribution in [2.45, 2.75) is 71.1 Å². The van der Waals surface area contributed by atoms with Crippen molar-refractivity contribution in [2.75, 3.05) is 5.43 Å². The van der Waals surface area contributed by atoms with Crippen LogP contribution in [-0.4, -0.2) is 9.97 Å². The SMILES string of the molecule is CC(C)(C)C1CCC(c2nc(NN)cc(C3CC3)n2)CC1. The fourth-order valence-electron chi connectivity index (χ4n) is 3.55. The largest absolute Gasteiger partial charge is 0.308 e. The lowest BCUT2D eigenvalue weighted by Crippen LogP contribution is -2.26. The van der Waals surface area contributed by atoms with Gasteiger partial charge in [-0.3, -0.25) is 0 Å². The van der Waals surface area contributed by atoms with Crippen LogP contribution in [0.1, 0.15) is 82.7 Å². The van der Waals surface area contributed by atoms with Crippen molar-refractivity contribution >= 4 is 5.82 Å². The first-order chi connectivity index (χ1) is 9.97. The zero-order chi connectivity index (χ0) is 15.0. The van der Waals surface area contributed by atoms with E-state index in [1.54, 1.807) is 0 Å². The average molecular weight is 288 g/mol. The molecule has 1 aromatic rings. The summed E-state index contributed by atoms with van der Waals surface area (Å²) in [7, 11) is 0. The van der Waals surface area contributed by atoms with Gasteiger partial charge in [-0.2, -0.15) is 0 Å². The molecule has 0 amide bonds. The molecule has 0 unspecified atom stereocenters. The standard InChI is InChI=1S/C17H28N4/c1-17(2,3)13-8-6-12(7-9-13)16-19-14(11-4-5-11)10-15(20-16)21-18/h10-13H,4-9,18H2,1-3H3,(H,19,20,21). The number of nitrogens with zero attached hydrogens (tertiary/aromatic N) is 2. The Hall–Kier alpha value is -1.16. The molecule has 0 radical (unpaired) electrons. The number of hydrogen-bond acceptors (Lipinski definition) is 4. The molecule has 2 saturated carbocycles. The molecular formula is C17H28N4. The number of hydrazine groups is 1. The number of hydrogen-bond donors (Lipinski definition) is 2. The normalized spacial score (nSPS) is 26.7. The maximum atomic E-state index is 5.58. The van der Waals surface area contributed by atoms with Gasteiger partial charge in [0.2, 0.25) is 0 Å². The Labute approximate surface area is 127 Å². The van der Waals surface area contributed by atoms with Gasteiger partial charge in [-0.05, 0) is 49.9 Å². The van der Waals surface area contributed by atoms with Crippen LogP contribution >= 0.6 is 0 Å². The summed E-state index contributed by atoms with van der Waals surface area (Å²) in [6, 6.07) is 2.02. The Balaban J connectivity index is 1.74. The summed E-state index contributed by atoms with van der Waals surface area (Å²) in [4.78, 5) is 9.47. The number of rotatable bonds is 3. The van der Waals surface area contributed by atoms with Gasteiger partial charge < -0.3 is 5.43 Å². The summed E-state index contributed by atoms with van der Waals surface area (Å²) in [5.41, 5.74) is 4.32. The molecule has 0 spiro atoms. The van der Waals surface area contributed by atoms with Crippen molar-refractivity contribution < 1.29 is 0 Å². The van der Waals surface area contributed by atoms with Gasteiger partial charge in [0, 0.05) is 23.6 Å². The van der Waals surface area contributed by atoms with Gasteiger partial charge in [0.05, 0.1) is 0 Å². The van der Waals surface area contributed by atoms with E-state index in [0.717, 1.165) is 17.6 Å². The third-order valence-corrected chi connectivity index (χ3v) is 5.22. The van der Waals surface area contributed by atoms with Crippen molar-refractivity contribution in [3.05, 3.63) is 17.6 Å². The van der Waals surface area contributed by atoms with Crippen LogP contribution < -0.4 is 11.3 Å². The monoisotopic (exact) mass is 288 g/mol. The molecule has 0 aliphatic heterocycles. The molecule has 116 valence electrons. The first kappa shape index (κ1) is 14.8. The highest BCUT2D eigenvalue weighted by Gasteiger charge is 2.32. The number of nitrogens with two attached hydrogens (primary N) is 1. The van der Waals surface area contributed by atoms with E-state index in [-0.39, 0.29) is 0 Å².